The van der Waals surface area contributed by atoms with Crippen LogP contribution in [0.2, 0.25) is 0 Å². The third-order valence-electron chi connectivity index (χ3n) is 3.46. The molecule has 1 heterocycles. The molecule has 1 N–H and O–H groups in total. The van der Waals surface area contributed by atoms with Crippen LogP contribution in [0.15, 0.2) is 37.1 Å². The molecule has 0 aromatic rings. The summed E-state index contributed by atoms with van der Waals surface area (Å²) in [5.41, 5.74) is 0.687. The summed E-state index contributed by atoms with van der Waals surface area (Å²) in [5.74, 6) is 0. The summed E-state index contributed by atoms with van der Waals surface area (Å²) in [6.45, 7) is 15.5. The Kier molecular flexibility index (Phi) is 7.09. The Balaban J connectivity index is 2.42. The summed E-state index contributed by atoms with van der Waals surface area (Å²) in [4.78, 5) is 16.3. The van der Waals surface area contributed by atoms with Gasteiger partial charge in [-0.1, -0.05) is 33.1 Å². The maximum Gasteiger partial charge on any atom is 0.321 e. The van der Waals surface area contributed by atoms with E-state index in [9.17, 15) is 4.79 Å². The van der Waals surface area contributed by atoms with Gasteiger partial charge in [-0.15, -0.1) is 0 Å². The highest BCUT2D eigenvalue weighted by atomic mass is 16.2. The smallest absolute Gasteiger partial charge is 0.321 e. The molecule has 1 rings (SSSR count). The maximum atomic E-state index is 12.0. The molecule has 0 aromatic carbocycles. The van der Waals surface area contributed by atoms with Gasteiger partial charge in [0.15, 0.2) is 0 Å². The number of carbonyl (C=O) groups is 1. The van der Waals surface area contributed by atoms with Crippen molar-refractivity contribution in [3.05, 3.63) is 37.1 Å². The summed E-state index contributed by atoms with van der Waals surface area (Å²) in [5, 5.41) is 2.83. The first-order chi connectivity index (χ1) is 9.65. The van der Waals surface area contributed by atoms with Crippen molar-refractivity contribution < 1.29 is 4.79 Å². The number of nitrogens with one attached hydrogen (secondary N) is 1. The van der Waals surface area contributed by atoms with Crippen LogP contribution in [-0.4, -0.2) is 48.1 Å². The minimum absolute atomic E-state index is 0.0535. The Bertz CT molecular complexity index is 364. The molecule has 20 heavy (non-hydrogen) atoms. The van der Waals surface area contributed by atoms with E-state index in [4.69, 9.17) is 0 Å². The van der Waals surface area contributed by atoms with E-state index >= 15 is 0 Å². The number of rotatable bonds is 8. The predicted molar refractivity (Wildman–Crippen MR) is 84.5 cm³/mol. The number of likely N-dealkylation sites (tertiary alicyclic amines) is 1. The molecule has 1 fully saturated rings. The highest BCUT2D eigenvalue weighted by Crippen LogP contribution is 2.16. The molecule has 1 saturated heterocycles. The molecule has 4 nitrogen and oxygen atoms in total. The van der Waals surface area contributed by atoms with Crippen molar-refractivity contribution in [3.8, 4) is 0 Å². The SMILES string of the molecule is C=C/C=C(\C=C)NC(=O)N1CC(N(CCC)CCC)C1. The van der Waals surface area contributed by atoms with Gasteiger partial charge >= 0.3 is 6.03 Å². The molecule has 1 aliphatic rings. The predicted octanol–water partition coefficient (Wildman–Crippen LogP) is 2.76. The normalized spacial score (nSPS) is 15.9. The van der Waals surface area contributed by atoms with Gasteiger partial charge in [-0.05, 0) is 38.1 Å². The van der Waals surface area contributed by atoms with Gasteiger partial charge in [-0.3, -0.25) is 4.90 Å². The molecule has 0 bridgehead atoms. The number of amides is 2. The second kappa shape index (κ2) is 8.59. The van der Waals surface area contributed by atoms with Crippen molar-refractivity contribution in [2.45, 2.75) is 32.7 Å². The number of hydrogen-bond acceptors (Lipinski definition) is 2. The molecule has 0 saturated carbocycles. The van der Waals surface area contributed by atoms with Crippen molar-refractivity contribution in [2.75, 3.05) is 26.2 Å². The first-order valence-corrected chi connectivity index (χ1v) is 7.41. The molecule has 4 heteroatoms. The summed E-state index contributed by atoms with van der Waals surface area (Å²) in [6, 6.07) is 0.457. The molecule has 2 amide bonds. The Morgan fingerprint density at radius 3 is 2.35 bits per heavy atom. The van der Waals surface area contributed by atoms with Crippen molar-refractivity contribution in [1.82, 2.24) is 15.1 Å². The van der Waals surface area contributed by atoms with Crippen LogP contribution in [0.3, 0.4) is 0 Å². The van der Waals surface area contributed by atoms with E-state index in [0.29, 0.717) is 11.7 Å². The van der Waals surface area contributed by atoms with Crippen LogP contribution in [0.5, 0.6) is 0 Å². The maximum absolute atomic E-state index is 12.0. The highest BCUT2D eigenvalue weighted by molar-refractivity contribution is 5.77. The third kappa shape index (κ3) is 4.53. The molecule has 0 unspecified atom stereocenters. The number of carbonyl (C=O) groups excluding carboxylic acids is 1. The molecule has 1 aliphatic heterocycles. The Labute approximate surface area is 122 Å². The quantitative estimate of drug-likeness (QED) is 0.692. The van der Waals surface area contributed by atoms with E-state index in [-0.39, 0.29) is 6.03 Å². The summed E-state index contributed by atoms with van der Waals surface area (Å²) in [7, 11) is 0. The van der Waals surface area contributed by atoms with Gasteiger partial charge < -0.3 is 10.2 Å². The van der Waals surface area contributed by atoms with Gasteiger partial charge in [0.1, 0.15) is 0 Å². The molecule has 0 aromatic heterocycles. The lowest BCUT2D eigenvalue weighted by Crippen LogP contribution is -2.63. The molecule has 0 radical (unpaired) electrons. The lowest BCUT2D eigenvalue weighted by molar-refractivity contribution is 0.0575. The van der Waals surface area contributed by atoms with Crippen LogP contribution in [0.4, 0.5) is 4.79 Å². The van der Waals surface area contributed by atoms with Gasteiger partial charge in [-0.2, -0.15) is 0 Å². The topological polar surface area (TPSA) is 35.6 Å². The zero-order valence-corrected chi connectivity index (χ0v) is 12.8. The Morgan fingerprint density at radius 1 is 1.30 bits per heavy atom. The van der Waals surface area contributed by atoms with Crippen LogP contribution in [0.25, 0.3) is 0 Å². The van der Waals surface area contributed by atoms with Gasteiger partial charge in [0, 0.05) is 24.8 Å². The zero-order valence-electron chi connectivity index (χ0n) is 12.8. The fourth-order valence-electron chi connectivity index (χ4n) is 2.39. The summed E-state index contributed by atoms with van der Waals surface area (Å²) >= 11 is 0. The Hall–Kier alpha value is -1.55. The second-order valence-electron chi connectivity index (χ2n) is 5.09. The molecule has 0 aliphatic carbocycles. The van der Waals surface area contributed by atoms with E-state index in [2.05, 4.69) is 37.2 Å². The monoisotopic (exact) mass is 277 g/mol. The van der Waals surface area contributed by atoms with Gasteiger partial charge in [0.05, 0.1) is 0 Å². The first kappa shape index (κ1) is 16.5. The molecule has 112 valence electrons. The van der Waals surface area contributed by atoms with E-state index in [0.717, 1.165) is 39.0 Å². The average Bonchev–Trinajstić information content (AvgIpc) is 2.37. The summed E-state index contributed by atoms with van der Waals surface area (Å²) in [6.07, 6.45) is 7.32. The van der Waals surface area contributed by atoms with Crippen LogP contribution in [0.1, 0.15) is 26.7 Å². The number of nitrogens with zero attached hydrogens (tertiary/aromatic N) is 2. The van der Waals surface area contributed by atoms with Crippen molar-refractivity contribution in [2.24, 2.45) is 0 Å². The van der Waals surface area contributed by atoms with Crippen LogP contribution < -0.4 is 5.32 Å². The average molecular weight is 277 g/mol. The second-order valence-corrected chi connectivity index (χ2v) is 5.09. The number of urea groups is 1. The van der Waals surface area contributed by atoms with E-state index < -0.39 is 0 Å². The minimum Gasteiger partial charge on any atom is -0.321 e. The van der Waals surface area contributed by atoms with E-state index in [1.165, 1.54) is 0 Å². The van der Waals surface area contributed by atoms with Crippen molar-refractivity contribution >= 4 is 6.03 Å². The van der Waals surface area contributed by atoms with Gasteiger partial charge in [-0.25, -0.2) is 4.79 Å². The van der Waals surface area contributed by atoms with Gasteiger partial charge in [0.2, 0.25) is 0 Å². The number of allylic oxidation sites excluding steroid dienone is 3. The minimum atomic E-state index is -0.0535. The lowest BCUT2D eigenvalue weighted by atomic mass is 10.1. The van der Waals surface area contributed by atoms with Gasteiger partial charge in [0.25, 0.3) is 0 Å². The standard InChI is InChI=1S/C16H27N3O/c1-5-9-14(8-4)17-16(20)19-12-15(13-19)18(10-6-2)11-7-3/h5,8-9,15H,1,4,6-7,10-13H2,2-3H3,(H,17,20)/b14-9+. The van der Waals surface area contributed by atoms with E-state index in [1.807, 2.05) is 4.90 Å². The van der Waals surface area contributed by atoms with E-state index in [1.54, 1.807) is 18.2 Å². The van der Waals surface area contributed by atoms with Crippen molar-refractivity contribution in [3.63, 3.8) is 0 Å². The zero-order chi connectivity index (χ0) is 15.0. The molecule has 0 spiro atoms. The van der Waals surface area contributed by atoms with Crippen LogP contribution in [-0.2, 0) is 0 Å². The number of hydrogen-bond donors (Lipinski definition) is 1. The van der Waals surface area contributed by atoms with Crippen molar-refractivity contribution in [1.29, 1.82) is 0 Å². The summed E-state index contributed by atoms with van der Waals surface area (Å²) < 4.78 is 0. The van der Waals surface area contributed by atoms with Crippen LogP contribution in [0, 0.1) is 0 Å². The highest BCUT2D eigenvalue weighted by Gasteiger charge is 2.34. The lowest BCUT2D eigenvalue weighted by Gasteiger charge is -2.45. The molecular formula is C16H27N3O. The van der Waals surface area contributed by atoms with Crippen LogP contribution >= 0.6 is 0 Å². The fraction of sp³-hybridized carbons (Fsp3) is 0.562. The molecular weight excluding hydrogens is 250 g/mol. The fourth-order valence-corrected chi connectivity index (χ4v) is 2.39. The largest absolute Gasteiger partial charge is 0.321 e. The third-order valence-corrected chi connectivity index (χ3v) is 3.46. The molecule has 0 atom stereocenters. The first-order valence-electron chi connectivity index (χ1n) is 7.41. The Morgan fingerprint density at radius 2 is 1.90 bits per heavy atom.